The molecule has 4 aromatic rings. The largest absolute Gasteiger partial charge is 0.330 e. The SMILES string of the molecule is Cc1c2c(c(N(C)S(=O)(=O)c3ccccn3)c3cccnc13)CN(Cc1ccc(F)cc1)C2=O. The van der Waals surface area contributed by atoms with E-state index in [0.29, 0.717) is 33.3 Å². The van der Waals surface area contributed by atoms with Crippen molar-refractivity contribution in [2.24, 2.45) is 0 Å². The molecule has 2 aromatic carbocycles. The topological polar surface area (TPSA) is 83.5 Å². The van der Waals surface area contributed by atoms with Crippen LogP contribution in [0, 0.1) is 12.7 Å². The molecule has 0 fully saturated rings. The number of sulfonamides is 1. The van der Waals surface area contributed by atoms with Gasteiger partial charge in [-0.15, -0.1) is 0 Å². The molecule has 1 aliphatic heterocycles. The molecule has 0 unspecified atom stereocenters. The molecule has 1 aliphatic rings. The maximum Gasteiger partial charge on any atom is 0.281 e. The molecule has 7 nitrogen and oxygen atoms in total. The first kappa shape index (κ1) is 22.0. The third-order valence-corrected chi connectivity index (χ3v) is 7.77. The lowest BCUT2D eigenvalue weighted by molar-refractivity contribution is 0.0766. The fraction of sp³-hybridized carbons (Fsp3) is 0.160. The van der Waals surface area contributed by atoms with E-state index in [2.05, 4.69) is 9.97 Å². The number of fused-ring (bicyclic) bond motifs is 2. The summed E-state index contributed by atoms with van der Waals surface area (Å²) in [5, 5.41) is 0.550. The van der Waals surface area contributed by atoms with E-state index < -0.39 is 10.0 Å². The van der Waals surface area contributed by atoms with Crippen LogP contribution in [0.2, 0.25) is 0 Å². The fourth-order valence-corrected chi connectivity index (χ4v) is 5.62. The number of hydrogen-bond acceptors (Lipinski definition) is 5. The maximum atomic E-state index is 13.5. The van der Waals surface area contributed by atoms with Crippen molar-refractivity contribution in [3.63, 3.8) is 0 Å². The molecule has 0 aliphatic carbocycles. The standard InChI is InChI=1S/C25H21FN4O3S/c1-16-22-20(15-30(25(22)31)14-17-8-10-18(26)11-9-17)24(19-6-5-13-28-23(16)19)29(2)34(32,33)21-7-3-4-12-27-21/h3-13H,14-15H2,1-2H3. The molecule has 5 rings (SSSR count). The Balaban J connectivity index is 1.67. The zero-order valence-corrected chi connectivity index (χ0v) is 19.4. The fourth-order valence-electron chi connectivity index (χ4n) is 4.44. The van der Waals surface area contributed by atoms with E-state index in [4.69, 9.17) is 0 Å². The quantitative estimate of drug-likeness (QED) is 0.434. The Labute approximate surface area is 196 Å². The normalized spacial score (nSPS) is 13.4. The predicted molar refractivity (Wildman–Crippen MR) is 126 cm³/mol. The third kappa shape index (κ3) is 3.49. The molecule has 3 heterocycles. The van der Waals surface area contributed by atoms with Crippen molar-refractivity contribution in [1.29, 1.82) is 0 Å². The van der Waals surface area contributed by atoms with E-state index in [1.54, 1.807) is 41.4 Å². The highest BCUT2D eigenvalue weighted by Gasteiger charge is 2.37. The summed E-state index contributed by atoms with van der Waals surface area (Å²) >= 11 is 0. The Morgan fingerprint density at radius 1 is 1.03 bits per heavy atom. The van der Waals surface area contributed by atoms with Crippen molar-refractivity contribution < 1.29 is 17.6 Å². The molecule has 0 saturated heterocycles. The van der Waals surface area contributed by atoms with Gasteiger partial charge in [0.1, 0.15) is 5.82 Å². The molecular formula is C25H21FN4O3S. The van der Waals surface area contributed by atoms with Crippen LogP contribution in [-0.2, 0) is 23.1 Å². The number of benzene rings is 2. The van der Waals surface area contributed by atoms with Crippen LogP contribution in [0.25, 0.3) is 10.9 Å². The van der Waals surface area contributed by atoms with E-state index in [-0.39, 0.29) is 29.8 Å². The zero-order valence-electron chi connectivity index (χ0n) is 18.6. The van der Waals surface area contributed by atoms with Crippen LogP contribution < -0.4 is 4.31 Å². The number of rotatable bonds is 5. The molecule has 34 heavy (non-hydrogen) atoms. The molecule has 0 N–H and O–H groups in total. The Kier molecular flexibility index (Phi) is 5.28. The first-order chi connectivity index (χ1) is 16.3. The number of pyridine rings is 2. The lowest BCUT2D eigenvalue weighted by atomic mass is 9.97. The van der Waals surface area contributed by atoms with E-state index in [9.17, 15) is 17.6 Å². The Bertz CT molecular complexity index is 1520. The number of hydrogen-bond donors (Lipinski definition) is 0. The maximum absolute atomic E-state index is 13.5. The van der Waals surface area contributed by atoms with Crippen molar-refractivity contribution in [2.45, 2.75) is 25.0 Å². The second kappa shape index (κ2) is 8.18. The summed E-state index contributed by atoms with van der Waals surface area (Å²) in [6.45, 7) is 2.31. The summed E-state index contributed by atoms with van der Waals surface area (Å²) in [6.07, 6.45) is 3.04. The summed E-state index contributed by atoms with van der Waals surface area (Å²) < 4.78 is 41.4. The number of carbonyl (C=O) groups is 1. The highest BCUT2D eigenvalue weighted by Crippen LogP contribution is 2.41. The predicted octanol–water partition coefficient (Wildman–Crippen LogP) is 4.06. The molecule has 2 aromatic heterocycles. The summed E-state index contributed by atoms with van der Waals surface area (Å²) in [4.78, 5) is 23.6. The number of carbonyl (C=O) groups excluding carboxylic acids is 1. The first-order valence-corrected chi connectivity index (χ1v) is 12.1. The molecular weight excluding hydrogens is 455 g/mol. The van der Waals surface area contributed by atoms with Crippen molar-refractivity contribution in [3.8, 4) is 0 Å². The molecule has 1 amide bonds. The van der Waals surface area contributed by atoms with Gasteiger partial charge in [0.05, 0.1) is 16.8 Å². The van der Waals surface area contributed by atoms with Gasteiger partial charge in [0, 0.05) is 43.5 Å². The van der Waals surface area contributed by atoms with Crippen molar-refractivity contribution in [3.05, 3.63) is 95.1 Å². The molecule has 0 atom stereocenters. The van der Waals surface area contributed by atoms with Gasteiger partial charge in [0.15, 0.2) is 5.03 Å². The lowest BCUT2D eigenvalue weighted by Crippen LogP contribution is -2.29. The first-order valence-electron chi connectivity index (χ1n) is 10.6. The van der Waals surface area contributed by atoms with E-state index >= 15 is 0 Å². The minimum atomic E-state index is -3.99. The van der Waals surface area contributed by atoms with E-state index in [1.165, 1.54) is 35.7 Å². The van der Waals surface area contributed by atoms with Gasteiger partial charge in [-0.05, 0) is 54.4 Å². The monoisotopic (exact) mass is 476 g/mol. The third-order valence-electron chi connectivity index (χ3n) is 6.09. The van der Waals surface area contributed by atoms with Crippen LogP contribution in [0.3, 0.4) is 0 Å². The van der Waals surface area contributed by atoms with Crippen LogP contribution >= 0.6 is 0 Å². The average molecular weight is 477 g/mol. The summed E-state index contributed by atoms with van der Waals surface area (Å²) in [5.41, 5.74) is 3.52. The minimum absolute atomic E-state index is 0.0867. The number of amides is 1. The number of aromatic nitrogens is 2. The molecule has 172 valence electrons. The van der Waals surface area contributed by atoms with Crippen LogP contribution in [0.5, 0.6) is 0 Å². The molecule has 0 spiro atoms. The van der Waals surface area contributed by atoms with Crippen LogP contribution in [-0.4, -0.2) is 36.2 Å². The van der Waals surface area contributed by atoms with Crippen LogP contribution in [0.4, 0.5) is 10.1 Å². The minimum Gasteiger partial charge on any atom is -0.330 e. The van der Waals surface area contributed by atoms with Crippen LogP contribution in [0.15, 0.2) is 72.0 Å². The van der Waals surface area contributed by atoms with Crippen molar-refractivity contribution >= 4 is 32.5 Å². The van der Waals surface area contributed by atoms with Gasteiger partial charge in [-0.2, -0.15) is 8.42 Å². The van der Waals surface area contributed by atoms with Gasteiger partial charge < -0.3 is 4.90 Å². The second-order valence-corrected chi connectivity index (χ2v) is 10.1. The number of aryl methyl sites for hydroxylation is 1. The van der Waals surface area contributed by atoms with Gasteiger partial charge in [-0.1, -0.05) is 18.2 Å². The highest BCUT2D eigenvalue weighted by molar-refractivity contribution is 7.92. The van der Waals surface area contributed by atoms with Gasteiger partial charge in [0.25, 0.3) is 15.9 Å². The summed E-state index contributed by atoms with van der Waals surface area (Å²) in [7, 11) is -2.53. The van der Waals surface area contributed by atoms with E-state index in [0.717, 1.165) is 5.56 Å². The number of halogens is 1. The molecule has 0 radical (unpaired) electrons. The Hall–Kier alpha value is -3.85. The summed E-state index contributed by atoms with van der Waals surface area (Å²) in [5.74, 6) is -0.564. The number of anilines is 1. The van der Waals surface area contributed by atoms with Crippen molar-refractivity contribution in [1.82, 2.24) is 14.9 Å². The molecule has 0 bridgehead atoms. The molecule has 9 heteroatoms. The van der Waals surface area contributed by atoms with Gasteiger partial charge in [0.2, 0.25) is 0 Å². The molecule has 0 saturated carbocycles. The van der Waals surface area contributed by atoms with Gasteiger partial charge in [-0.3, -0.25) is 14.1 Å². The highest BCUT2D eigenvalue weighted by atomic mass is 32.2. The smallest absolute Gasteiger partial charge is 0.281 e. The zero-order chi connectivity index (χ0) is 24.0. The second-order valence-electron chi connectivity index (χ2n) is 8.15. The van der Waals surface area contributed by atoms with Crippen molar-refractivity contribution in [2.75, 3.05) is 11.4 Å². The lowest BCUT2D eigenvalue weighted by Gasteiger charge is -2.24. The Morgan fingerprint density at radius 3 is 2.47 bits per heavy atom. The van der Waals surface area contributed by atoms with Gasteiger partial charge in [-0.25, -0.2) is 9.37 Å². The summed E-state index contributed by atoms with van der Waals surface area (Å²) in [6, 6.07) is 14.2. The van der Waals surface area contributed by atoms with Crippen LogP contribution in [0.1, 0.15) is 27.0 Å². The Morgan fingerprint density at radius 2 is 1.76 bits per heavy atom. The average Bonchev–Trinajstić information content (AvgIpc) is 3.17. The van der Waals surface area contributed by atoms with Gasteiger partial charge >= 0.3 is 0 Å². The number of nitrogens with zero attached hydrogens (tertiary/aromatic N) is 4. The van der Waals surface area contributed by atoms with E-state index in [1.807, 2.05) is 13.0 Å².